The molecule has 1 aromatic carbocycles. The maximum Gasteiger partial charge on any atom is 0.234 e. The van der Waals surface area contributed by atoms with Gasteiger partial charge in [-0.2, -0.15) is 0 Å². The number of benzene rings is 1. The normalized spacial score (nSPS) is 10.8. The smallest absolute Gasteiger partial charge is 0.234 e. The minimum Gasteiger partial charge on any atom is -0.370 e. The summed E-state index contributed by atoms with van der Waals surface area (Å²) in [6, 6.07) is 9.68. The van der Waals surface area contributed by atoms with Crippen LogP contribution < -0.4 is 11.1 Å². The number of hydrogen-bond donors (Lipinski definition) is 2. The molecule has 0 atom stereocenters. The number of carbonyl (C=O) groups is 2. The second kappa shape index (κ2) is 9.03. The first-order valence-corrected chi connectivity index (χ1v) is 10.6. The zero-order valence-corrected chi connectivity index (χ0v) is 17.3. The van der Waals surface area contributed by atoms with Crippen LogP contribution >= 0.6 is 23.1 Å². The summed E-state index contributed by atoms with van der Waals surface area (Å²) in [5.74, 6) is 0.337. The van der Waals surface area contributed by atoms with Crippen molar-refractivity contribution in [1.82, 2.24) is 14.8 Å². The predicted octanol–water partition coefficient (Wildman–Crippen LogP) is 3.23. The fraction of sp³-hybridized carbons (Fsp3) is 0.263. The minimum atomic E-state index is -0.394. The molecule has 28 heavy (non-hydrogen) atoms. The molecule has 3 rings (SSSR count). The summed E-state index contributed by atoms with van der Waals surface area (Å²) in [5, 5.41) is 13.9. The van der Waals surface area contributed by atoms with E-state index >= 15 is 0 Å². The number of hydrogen-bond acceptors (Lipinski definition) is 6. The zero-order chi connectivity index (χ0) is 20.1. The highest BCUT2D eigenvalue weighted by molar-refractivity contribution is 7.99. The Balaban J connectivity index is 1.69. The number of carbonyl (C=O) groups excluding carboxylic acids is 2. The molecule has 0 aliphatic rings. The molecule has 146 valence electrons. The summed E-state index contributed by atoms with van der Waals surface area (Å²) in [4.78, 5) is 24.5. The Hall–Kier alpha value is -2.65. The Morgan fingerprint density at radius 2 is 2.04 bits per heavy atom. The number of aryl methyl sites for hydroxylation is 2. The van der Waals surface area contributed by atoms with Crippen LogP contribution in [0.2, 0.25) is 0 Å². The summed E-state index contributed by atoms with van der Waals surface area (Å²) in [6.45, 7) is 4.41. The van der Waals surface area contributed by atoms with Gasteiger partial charge in [-0.15, -0.1) is 21.5 Å². The van der Waals surface area contributed by atoms with Crippen LogP contribution in [0.1, 0.15) is 17.5 Å². The van der Waals surface area contributed by atoms with E-state index in [1.165, 1.54) is 28.7 Å². The van der Waals surface area contributed by atoms with Crippen molar-refractivity contribution < 1.29 is 9.59 Å². The number of nitrogens with one attached hydrogen (secondary N) is 1. The highest BCUT2D eigenvalue weighted by Gasteiger charge is 2.17. The number of thiophene rings is 1. The quantitative estimate of drug-likeness (QED) is 0.550. The van der Waals surface area contributed by atoms with E-state index in [2.05, 4.69) is 15.5 Å². The molecular formula is C19H21N5O2S2. The maximum absolute atomic E-state index is 12.3. The van der Waals surface area contributed by atoms with Crippen LogP contribution in [0.5, 0.6) is 0 Å². The van der Waals surface area contributed by atoms with Crippen LogP contribution in [0.4, 0.5) is 5.69 Å². The summed E-state index contributed by atoms with van der Waals surface area (Å²) in [5.41, 5.74) is 8.36. The van der Waals surface area contributed by atoms with Crippen LogP contribution in [-0.2, 0) is 16.1 Å². The lowest BCUT2D eigenvalue weighted by molar-refractivity contribution is -0.118. The van der Waals surface area contributed by atoms with Gasteiger partial charge in [0.2, 0.25) is 11.8 Å². The molecule has 9 heteroatoms. The Bertz CT molecular complexity index is 982. The second-order valence-electron chi connectivity index (χ2n) is 6.29. The molecule has 0 saturated heterocycles. The van der Waals surface area contributed by atoms with E-state index in [1.54, 1.807) is 0 Å². The van der Waals surface area contributed by atoms with Crippen molar-refractivity contribution in [2.75, 3.05) is 11.1 Å². The van der Waals surface area contributed by atoms with Gasteiger partial charge in [0.15, 0.2) is 11.0 Å². The topological polar surface area (TPSA) is 103 Å². The van der Waals surface area contributed by atoms with Crippen LogP contribution in [0, 0.1) is 13.8 Å². The van der Waals surface area contributed by atoms with Gasteiger partial charge in [0, 0.05) is 18.7 Å². The van der Waals surface area contributed by atoms with Crippen LogP contribution in [0.25, 0.3) is 10.7 Å². The molecule has 7 nitrogen and oxygen atoms in total. The third-order valence-electron chi connectivity index (χ3n) is 4.16. The van der Waals surface area contributed by atoms with Crippen LogP contribution in [0.3, 0.4) is 0 Å². The van der Waals surface area contributed by atoms with Gasteiger partial charge in [-0.05, 0) is 48.6 Å². The van der Waals surface area contributed by atoms with Gasteiger partial charge in [-0.25, -0.2) is 0 Å². The van der Waals surface area contributed by atoms with Crippen molar-refractivity contribution in [2.24, 2.45) is 5.73 Å². The monoisotopic (exact) mass is 415 g/mol. The standard InChI is InChI=1S/C19H21N5O2S2/c1-12-5-6-14(10-13(12)2)21-17(26)11-28-19-23-22-18(15-4-3-9-27-15)24(19)8-7-16(20)25/h3-6,9-10H,7-8,11H2,1-2H3,(H2,20,25)(H,21,26). The molecule has 0 fully saturated rings. The highest BCUT2D eigenvalue weighted by atomic mass is 32.2. The van der Waals surface area contributed by atoms with E-state index < -0.39 is 5.91 Å². The average Bonchev–Trinajstić information content (AvgIpc) is 3.30. The molecule has 0 saturated carbocycles. The van der Waals surface area contributed by atoms with E-state index in [4.69, 9.17) is 5.73 Å². The largest absolute Gasteiger partial charge is 0.370 e. The van der Waals surface area contributed by atoms with Gasteiger partial charge in [-0.3, -0.25) is 9.59 Å². The van der Waals surface area contributed by atoms with E-state index in [1.807, 2.05) is 54.1 Å². The molecule has 0 unspecified atom stereocenters. The number of primary amides is 1. The molecule has 0 bridgehead atoms. The maximum atomic E-state index is 12.3. The van der Waals surface area contributed by atoms with Gasteiger partial charge in [-0.1, -0.05) is 23.9 Å². The van der Waals surface area contributed by atoms with Crippen molar-refractivity contribution in [3.63, 3.8) is 0 Å². The average molecular weight is 416 g/mol. The van der Waals surface area contributed by atoms with E-state index in [-0.39, 0.29) is 18.1 Å². The van der Waals surface area contributed by atoms with Crippen molar-refractivity contribution in [3.8, 4) is 10.7 Å². The molecule has 0 aliphatic carbocycles. The number of anilines is 1. The summed E-state index contributed by atoms with van der Waals surface area (Å²) in [7, 11) is 0. The molecule has 2 aromatic heterocycles. The van der Waals surface area contributed by atoms with Crippen LogP contribution in [-0.4, -0.2) is 32.3 Å². The van der Waals surface area contributed by atoms with Gasteiger partial charge >= 0.3 is 0 Å². The molecule has 0 aliphatic heterocycles. The molecule has 3 N–H and O–H groups in total. The van der Waals surface area contributed by atoms with Gasteiger partial charge in [0.05, 0.1) is 10.6 Å². The lowest BCUT2D eigenvalue weighted by atomic mass is 10.1. The third kappa shape index (κ3) is 4.99. The summed E-state index contributed by atoms with van der Waals surface area (Å²) < 4.78 is 1.84. The summed E-state index contributed by atoms with van der Waals surface area (Å²) in [6.07, 6.45) is 0.179. The number of amides is 2. The molecule has 2 heterocycles. The third-order valence-corrected chi connectivity index (χ3v) is 6.00. The first-order chi connectivity index (χ1) is 13.4. The lowest BCUT2D eigenvalue weighted by Gasteiger charge is -2.09. The number of rotatable bonds is 8. The van der Waals surface area contributed by atoms with E-state index in [0.717, 1.165) is 16.1 Å². The Kier molecular flexibility index (Phi) is 6.48. The van der Waals surface area contributed by atoms with Crippen LogP contribution in [0.15, 0.2) is 40.9 Å². The van der Waals surface area contributed by atoms with Crippen molar-refractivity contribution in [1.29, 1.82) is 0 Å². The van der Waals surface area contributed by atoms with E-state index in [9.17, 15) is 9.59 Å². The highest BCUT2D eigenvalue weighted by Crippen LogP contribution is 2.27. The van der Waals surface area contributed by atoms with Crippen molar-refractivity contribution in [3.05, 3.63) is 46.8 Å². The minimum absolute atomic E-state index is 0.129. The number of aromatic nitrogens is 3. The molecule has 0 spiro atoms. The first kappa shape index (κ1) is 20.1. The van der Waals surface area contributed by atoms with Gasteiger partial charge < -0.3 is 15.6 Å². The predicted molar refractivity (Wildman–Crippen MR) is 112 cm³/mol. The first-order valence-electron chi connectivity index (χ1n) is 8.69. The van der Waals surface area contributed by atoms with Crippen molar-refractivity contribution >= 4 is 40.6 Å². The van der Waals surface area contributed by atoms with Gasteiger partial charge in [0.1, 0.15) is 0 Å². The number of nitrogens with two attached hydrogens (primary N) is 1. The molecule has 0 radical (unpaired) electrons. The second-order valence-corrected chi connectivity index (χ2v) is 8.18. The number of nitrogens with zero attached hydrogens (tertiary/aromatic N) is 3. The lowest BCUT2D eigenvalue weighted by Crippen LogP contribution is -2.16. The molecule has 2 amide bonds. The summed E-state index contributed by atoms with van der Waals surface area (Å²) >= 11 is 2.82. The molecule has 3 aromatic rings. The zero-order valence-electron chi connectivity index (χ0n) is 15.6. The fourth-order valence-corrected chi connectivity index (χ4v) is 4.04. The fourth-order valence-electron chi connectivity index (χ4n) is 2.55. The Labute approximate surface area is 171 Å². The van der Waals surface area contributed by atoms with E-state index in [0.29, 0.717) is 17.5 Å². The number of thioether (sulfide) groups is 1. The molecular weight excluding hydrogens is 394 g/mol. The van der Waals surface area contributed by atoms with Gasteiger partial charge in [0.25, 0.3) is 0 Å². The SMILES string of the molecule is Cc1ccc(NC(=O)CSc2nnc(-c3cccs3)n2CCC(N)=O)cc1C. The van der Waals surface area contributed by atoms with Crippen molar-refractivity contribution in [2.45, 2.75) is 32.0 Å². The Morgan fingerprint density at radius 1 is 1.21 bits per heavy atom. The Morgan fingerprint density at radius 3 is 2.71 bits per heavy atom.